The largest absolute Gasteiger partial charge is 0.756 e. The van der Waals surface area contributed by atoms with Crippen LogP contribution in [0.4, 0.5) is 0 Å². The number of nitrogens with one attached hydrogen (secondary N) is 1. The Labute approximate surface area is 329 Å². The smallest absolute Gasteiger partial charge is 0.268 e. The van der Waals surface area contributed by atoms with Crippen LogP contribution >= 0.6 is 7.82 Å². The summed E-state index contributed by atoms with van der Waals surface area (Å²) in [6.07, 6.45) is 41.1. The van der Waals surface area contributed by atoms with Crippen molar-refractivity contribution in [1.82, 2.24) is 5.32 Å². The Morgan fingerprint density at radius 1 is 0.642 bits per heavy atom. The third-order valence-electron chi connectivity index (χ3n) is 10.2. The van der Waals surface area contributed by atoms with Gasteiger partial charge in [-0.15, -0.1) is 0 Å². The number of likely N-dealkylation sites (N-methyl/N-ethyl adjacent to an activating group) is 1. The Bertz CT molecular complexity index is 880. The average molecular weight is 773 g/mol. The van der Waals surface area contributed by atoms with Crippen LogP contribution in [-0.2, 0) is 18.4 Å². The first-order valence-electron chi connectivity index (χ1n) is 22.6. The van der Waals surface area contributed by atoms with Gasteiger partial charge < -0.3 is 28.8 Å². The number of amides is 1. The summed E-state index contributed by atoms with van der Waals surface area (Å²) in [7, 11) is 1.27. The molecule has 0 aliphatic heterocycles. The molecule has 0 spiro atoms. The molecular formula is C44H89N2O6P. The van der Waals surface area contributed by atoms with Crippen LogP contribution in [0.3, 0.4) is 0 Å². The lowest BCUT2D eigenvalue weighted by molar-refractivity contribution is -0.870. The van der Waals surface area contributed by atoms with E-state index in [-0.39, 0.29) is 19.1 Å². The number of carbonyl (C=O) groups excluding carboxylic acids is 1. The maximum atomic E-state index is 12.8. The van der Waals surface area contributed by atoms with Crippen LogP contribution in [0.1, 0.15) is 213 Å². The third kappa shape index (κ3) is 39.3. The molecule has 0 saturated heterocycles. The number of unbranched alkanes of at least 4 members (excludes halogenated alkanes) is 28. The van der Waals surface area contributed by atoms with Gasteiger partial charge >= 0.3 is 0 Å². The number of phosphoric acid groups is 1. The predicted molar refractivity (Wildman–Crippen MR) is 224 cm³/mol. The van der Waals surface area contributed by atoms with Crippen LogP contribution < -0.4 is 10.2 Å². The monoisotopic (exact) mass is 773 g/mol. The van der Waals surface area contributed by atoms with Crippen LogP contribution in [0, 0.1) is 0 Å². The predicted octanol–water partition coefficient (Wildman–Crippen LogP) is 11.7. The van der Waals surface area contributed by atoms with E-state index in [1.807, 2.05) is 27.2 Å². The first kappa shape index (κ1) is 52.2. The van der Waals surface area contributed by atoms with Crippen LogP contribution in [0.2, 0.25) is 0 Å². The molecule has 0 aromatic heterocycles. The van der Waals surface area contributed by atoms with Crippen LogP contribution in [0.15, 0.2) is 12.2 Å². The molecule has 53 heavy (non-hydrogen) atoms. The second kappa shape index (κ2) is 36.9. The van der Waals surface area contributed by atoms with Crippen molar-refractivity contribution in [2.24, 2.45) is 0 Å². The molecule has 0 aliphatic carbocycles. The summed E-state index contributed by atoms with van der Waals surface area (Å²) in [5.41, 5.74) is 0. The Hall–Kier alpha value is -0.760. The molecule has 0 heterocycles. The Balaban J connectivity index is 4.35. The van der Waals surface area contributed by atoms with Gasteiger partial charge in [0.15, 0.2) is 0 Å². The summed E-state index contributed by atoms with van der Waals surface area (Å²) in [6.45, 7) is 4.66. The van der Waals surface area contributed by atoms with Crippen molar-refractivity contribution in [3.8, 4) is 0 Å². The number of hydrogen-bond donors (Lipinski definition) is 2. The molecule has 9 heteroatoms. The first-order chi connectivity index (χ1) is 25.5. The van der Waals surface area contributed by atoms with Crippen molar-refractivity contribution in [3.63, 3.8) is 0 Å². The molecule has 316 valence electrons. The molecule has 2 N–H and O–H groups in total. The molecule has 0 saturated carbocycles. The summed E-state index contributed by atoms with van der Waals surface area (Å²) in [6, 6.07) is -0.879. The number of nitrogens with zero attached hydrogens (tertiary/aromatic N) is 1. The fraction of sp³-hybridized carbons (Fsp3) is 0.932. The van der Waals surface area contributed by atoms with Crippen molar-refractivity contribution in [3.05, 3.63) is 12.2 Å². The maximum absolute atomic E-state index is 12.8. The van der Waals surface area contributed by atoms with E-state index < -0.39 is 20.0 Å². The highest BCUT2D eigenvalue weighted by Crippen LogP contribution is 2.38. The molecule has 0 bridgehead atoms. The van der Waals surface area contributed by atoms with Crippen molar-refractivity contribution in [2.75, 3.05) is 40.9 Å². The van der Waals surface area contributed by atoms with Gasteiger partial charge in [-0.3, -0.25) is 9.36 Å². The number of allylic oxidation sites excluding steroid dienone is 1. The van der Waals surface area contributed by atoms with E-state index in [0.717, 1.165) is 38.5 Å². The van der Waals surface area contributed by atoms with Crippen molar-refractivity contribution in [2.45, 2.75) is 225 Å². The molecule has 0 fully saturated rings. The maximum Gasteiger partial charge on any atom is 0.268 e. The molecule has 0 radical (unpaired) electrons. The van der Waals surface area contributed by atoms with E-state index in [9.17, 15) is 19.4 Å². The quantitative estimate of drug-likeness (QED) is 0.0277. The number of carbonyl (C=O) groups is 1. The highest BCUT2D eigenvalue weighted by molar-refractivity contribution is 7.45. The standard InChI is InChI=1S/C44H89N2O6P/c1-6-8-10-12-14-16-18-20-21-22-23-24-26-28-30-32-34-36-38-44(48)45-42(41-52-53(49,50)51-40-39-46(3,4)5)43(47)37-35-33-31-29-27-25-19-17-15-13-11-9-7-2/h35,37,42-43,47H,6-34,36,38-41H2,1-5H3,(H-,45,48,49,50)/b37-35+/t42-,43+/m0/s1. The normalized spacial score (nSPS) is 14.5. The Kier molecular flexibility index (Phi) is 36.3. The molecule has 0 rings (SSSR count). The third-order valence-corrected chi connectivity index (χ3v) is 11.2. The van der Waals surface area contributed by atoms with Gasteiger partial charge in [-0.1, -0.05) is 199 Å². The summed E-state index contributed by atoms with van der Waals surface area (Å²) < 4.78 is 23.2. The fourth-order valence-corrected chi connectivity index (χ4v) is 7.35. The highest BCUT2D eigenvalue weighted by atomic mass is 31.2. The van der Waals surface area contributed by atoms with E-state index in [2.05, 4.69) is 19.2 Å². The lowest BCUT2D eigenvalue weighted by Crippen LogP contribution is -2.45. The molecule has 1 unspecified atom stereocenters. The zero-order valence-electron chi connectivity index (χ0n) is 35.7. The highest BCUT2D eigenvalue weighted by Gasteiger charge is 2.23. The first-order valence-corrected chi connectivity index (χ1v) is 24.0. The van der Waals surface area contributed by atoms with Crippen molar-refractivity contribution >= 4 is 13.7 Å². The van der Waals surface area contributed by atoms with Crippen LogP contribution in [0.5, 0.6) is 0 Å². The SMILES string of the molecule is CCCCCCCCCCCCC/C=C/[C@@H](O)[C@H](COP(=O)([O-])OCC[N+](C)(C)C)NC(=O)CCCCCCCCCCCCCCCCCCCC. The zero-order valence-corrected chi connectivity index (χ0v) is 36.6. The molecule has 8 nitrogen and oxygen atoms in total. The van der Waals surface area contributed by atoms with Crippen molar-refractivity contribution < 1.29 is 32.9 Å². The van der Waals surface area contributed by atoms with Crippen LogP contribution in [-0.4, -0.2) is 68.5 Å². The van der Waals surface area contributed by atoms with E-state index in [1.54, 1.807) is 6.08 Å². The van der Waals surface area contributed by atoms with E-state index in [1.165, 1.54) is 154 Å². The summed E-state index contributed by atoms with van der Waals surface area (Å²) >= 11 is 0. The minimum Gasteiger partial charge on any atom is -0.756 e. The van der Waals surface area contributed by atoms with Gasteiger partial charge in [-0.05, 0) is 19.3 Å². The molecule has 1 amide bonds. The number of aliphatic hydroxyl groups is 1. The number of aliphatic hydroxyl groups excluding tert-OH is 1. The van der Waals surface area contributed by atoms with Gasteiger partial charge in [0.25, 0.3) is 7.82 Å². The molecule has 0 aliphatic rings. The van der Waals surface area contributed by atoms with Gasteiger partial charge in [0.2, 0.25) is 5.91 Å². The van der Waals surface area contributed by atoms with Gasteiger partial charge in [-0.2, -0.15) is 0 Å². The molecule has 0 aromatic rings. The number of rotatable bonds is 41. The topological polar surface area (TPSA) is 108 Å². The number of hydrogen-bond acceptors (Lipinski definition) is 6. The second-order valence-electron chi connectivity index (χ2n) is 16.8. The van der Waals surface area contributed by atoms with Crippen molar-refractivity contribution in [1.29, 1.82) is 0 Å². The summed E-state index contributed by atoms with van der Waals surface area (Å²) in [5.74, 6) is -0.195. The summed E-state index contributed by atoms with van der Waals surface area (Å²) in [5, 5.41) is 13.8. The second-order valence-corrected chi connectivity index (χ2v) is 18.2. The minimum atomic E-state index is -4.58. The average Bonchev–Trinajstić information content (AvgIpc) is 3.10. The number of phosphoric ester groups is 1. The van der Waals surface area contributed by atoms with Gasteiger partial charge in [-0.25, -0.2) is 0 Å². The number of quaternary nitrogens is 1. The van der Waals surface area contributed by atoms with E-state index in [0.29, 0.717) is 17.4 Å². The van der Waals surface area contributed by atoms with Crippen LogP contribution in [0.25, 0.3) is 0 Å². The van der Waals surface area contributed by atoms with Gasteiger partial charge in [0.1, 0.15) is 13.2 Å². The fourth-order valence-electron chi connectivity index (χ4n) is 6.62. The lowest BCUT2D eigenvalue weighted by atomic mass is 10.0. The Morgan fingerprint density at radius 3 is 1.42 bits per heavy atom. The lowest BCUT2D eigenvalue weighted by Gasteiger charge is -2.29. The van der Waals surface area contributed by atoms with Gasteiger partial charge in [0.05, 0.1) is 39.9 Å². The molecule has 0 aromatic carbocycles. The van der Waals surface area contributed by atoms with Gasteiger partial charge in [0, 0.05) is 6.42 Å². The minimum absolute atomic E-state index is 0.00206. The molecular weight excluding hydrogens is 683 g/mol. The zero-order chi connectivity index (χ0) is 39.3. The van der Waals surface area contributed by atoms with E-state index >= 15 is 0 Å². The van der Waals surface area contributed by atoms with E-state index in [4.69, 9.17) is 9.05 Å². The summed E-state index contributed by atoms with van der Waals surface area (Å²) in [4.78, 5) is 25.3. The molecule has 3 atom stereocenters. The Morgan fingerprint density at radius 2 is 1.02 bits per heavy atom.